The Balaban J connectivity index is 1.55. The maximum absolute atomic E-state index is 10.0. The number of rotatable bonds is 8. The van der Waals surface area contributed by atoms with Gasteiger partial charge in [0, 0.05) is 19.7 Å². The fraction of sp³-hybridized carbons (Fsp3) is 1.00. The molecule has 2 N–H and O–H groups in total. The first-order valence-electron chi connectivity index (χ1n) is 8.91. The molecule has 0 aromatic heterocycles. The maximum atomic E-state index is 10.0. The molecule has 4 unspecified atom stereocenters. The van der Waals surface area contributed by atoms with Crippen LogP contribution < -0.4 is 5.32 Å². The highest BCUT2D eigenvalue weighted by Crippen LogP contribution is 2.29. The summed E-state index contributed by atoms with van der Waals surface area (Å²) in [5.74, 6) is 0.689. The summed E-state index contributed by atoms with van der Waals surface area (Å²) >= 11 is 0. The third-order valence-electron chi connectivity index (χ3n) is 4.89. The number of ether oxygens (including phenoxy) is 2. The van der Waals surface area contributed by atoms with E-state index in [1.54, 1.807) is 0 Å². The molecule has 4 atom stereocenters. The Bertz CT molecular complexity index is 269. The molecule has 1 saturated heterocycles. The van der Waals surface area contributed by atoms with E-state index >= 15 is 0 Å². The van der Waals surface area contributed by atoms with Gasteiger partial charge in [0.25, 0.3) is 0 Å². The van der Waals surface area contributed by atoms with Crippen molar-refractivity contribution in [1.82, 2.24) is 5.32 Å². The zero-order valence-electron chi connectivity index (χ0n) is 13.6. The third kappa shape index (κ3) is 6.23. The summed E-state index contributed by atoms with van der Waals surface area (Å²) in [4.78, 5) is 0. The summed E-state index contributed by atoms with van der Waals surface area (Å²) in [7, 11) is 0. The highest BCUT2D eigenvalue weighted by atomic mass is 16.5. The lowest BCUT2D eigenvalue weighted by Gasteiger charge is -2.31. The van der Waals surface area contributed by atoms with Gasteiger partial charge in [-0.1, -0.05) is 26.2 Å². The maximum Gasteiger partial charge on any atom is 0.0897 e. The van der Waals surface area contributed by atoms with E-state index < -0.39 is 6.10 Å². The second-order valence-electron chi connectivity index (χ2n) is 6.63. The van der Waals surface area contributed by atoms with Crippen molar-refractivity contribution in [3.05, 3.63) is 0 Å². The lowest BCUT2D eigenvalue weighted by molar-refractivity contribution is -0.0510. The molecule has 0 aromatic carbocycles. The van der Waals surface area contributed by atoms with Crippen molar-refractivity contribution in [3.63, 3.8) is 0 Å². The number of aliphatic hydroxyl groups is 1. The standard InChI is InChI=1S/C17H33NO3/c1-2-14-7-3-4-9-17(14)21-13-15(19)11-18-12-16-8-5-6-10-20-16/h14-19H,2-13H2,1H3. The van der Waals surface area contributed by atoms with E-state index in [1.807, 2.05) is 0 Å². The van der Waals surface area contributed by atoms with Gasteiger partial charge in [-0.25, -0.2) is 0 Å². The molecule has 0 spiro atoms. The van der Waals surface area contributed by atoms with Crippen molar-refractivity contribution in [3.8, 4) is 0 Å². The van der Waals surface area contributed by atoms with E-state index in [4.69, 9.17) is 9.47 Å². The van der Waals surface area contributed by atoms with Crippen LogP contribution in [0.4, 0.5) is 0 Å². The van der Waals surface area contributed by atoms with Crippen LogP contribution in [0.25, 0.3) is 0 Å². The molecule has 2 rings (SSSR count). The molecule has 4 heteroatoms. The van der Waals surface area contributed by atoms with Crippen LogP contribution in [-0.2, 0) is 9.47 Å². The Morgan fingerprint density at radius 2 is 2.00 bits per heavy atom. The van der Waals surface area contributed by atoms with Gasteiger partial charge in [-0.3, -0.25) is 0 Å². The van der Waals surface area contributed by atoms with Crippen molar-refractivity contribution in [1.29, 1.82) is 0 Å². The topological polar surface area (TPSA) is 50.7 Å². The van der Waals surface area contributed by atoms with E-state index in [-0.39, 0.29) is 0 Å². The van der Waals surface area contributed by atoms with E-state index in [2.05, 4.69) is 12.2 Å². The molecule has 1 heterocycles. The lowest BCUT2D eigenvalue weighted by Crippen LogP contribution is -2.38. The minimum atomic E-state index is -0.409. The summed E-state index contributed by atoms with van der Waals surface area (Å²) in [6, 6.07) is 0. The van der Waals surface area contributed by atoms with E-state index in [9.17, 15) is 5.11 Å². The Kier molecular flexibility index (Phi) is 8.01. The second-order valence-corrected chi connectivity index (χ2v) is 6.63. The summed E-state index contributed by atoms with van der Waals surface area (Å²) in [5, 5.41) is 13.4. The van der Waals surface area contributed by atoms with Gasteiger partial charge in [0.1, 0.15) is 0 Å². The van der Waals surface area contributed by atoms with Crippen LogP contribution in [0, 0.1) is 5.92 Å². The van der Waals surface area contributed by atoms with Gasteiger partial charge < -0.3 is 19.9 Å². The Morgan fingerprint density at radius 1 is 1.19 bits per heavy atom. The number of aliphatic hydroxyl groups excluding tert-OH is 1. The van der Waals surface area contributed by atoms with E-state index in [0.717, 1.165) is 26.0 Å². The summed E-state index contributed by atoms with van der Waals surface area (Å²) < 4.78 is 11.6. The van der Waals surface area contributed by atoms with Gasteiger partial charge in [0.15, 0.2) is 0 Å². The predicted molar refractivity (Wildman–Crippen MR) is 84.5 cm³/mol. The van der Waals surface area contributed by atoms with Crippen molar-refractivity contribution >= 4 is 0 Å². The molecule has 0 bridgehead atoms. The van der Waals surface area contributed by atoms with E-state index in [0.29, 0.717) is 31.3 Å². The number of hydrogen-bond donors (Lipinski definition) is 2. The summed E-state index contributed by atoms with van der Waals surface area (Å²) in [5.41, 5.74) is 0. The Morgan fingerprint density at radius 3 is 2.76 bits per heavy atom. The first-order chi connectivity index (χ1) is 10.3. The zero-order chi connectivity index (χ0) is 14.9. The number of hydrogen-bond acceptors (Lipinski definition) is 4. The molecule has 0 amide bonds. The molecule has 4 nitrogen and oxygen atoms in total. The molecule has 2 aliphatic rings. The largest absolute Gasteiger partial charge is 0.389 e. The van der Waals surface area contributed by atoms with Gasteiger partial charge >= 0.3 is 0 Å². The molecular weight excluding hydrogens is 266 g/mol. The minimum Gasteiger partial charge on any atom is -0.389 e. The molecule has 0 aromatic rings. The highest BCUT2D eigenvalue weighted by Gasteiger charge is 2.24. The molecule has 1 aliphatic heterocycles. The van der Waals surface area contributed by atoms with Crippen LogP contribution in [0.2, 0.25) is 0 Å². The zero-order valence-corrected chi connectivity index (χ0v) is 13.6. The molecule has 124 valence electrons. The van der Waals surface area contributed by atoms with Crippen LogP contribution in [0.3, 0.4) is 0 Å². The van der Waals surface area contributed by atoms with E-state index in [1.165, 1.54) is 38.5 Å². The van der Waals surface area contributed by atoms with Crippen LogP contribution in [0.1, 0.15) is 58.3 Å². The fourth-order valence-electron chi connectivity index (χ4n) is 3.53. The molecule has 1 saturated carbocycles. The first kappa shape index (κ1) is 17.2. The van der Waals surface area contributed by atoms with Crippen LogP contribution in [0.15, 0.2) is 0 Å². The average molecular weight is 299 g/mol. The van der Waals surface area contributed by atoms with Gasteiger partial charge in [-0.2, -0.15) is 0 Å². The number of nitrogens with one attached hydrogen (secondary N) is 1. The van der Waals surface area contributed by atoms with Crippen LogP contribution in [0.5, 0.6) is 0 Å². The molecule has 0 radical (unpaired) electrons. The Labute approximate surface area is 129 Å². The summed E-state index contributed by atoms with van der Waals surface area (Å²) in [6.45, 7) is 5.04. The first-order valence-corrected chi connectivity index (χ1v) is 8.91. The molecular formula is C17H33NO3. The van der Waals surface area contributed by atoms with Gasteiger partial charge in [-0.15, -0.1) is 0 Å². The monoisotopic (exact) mass is 299 g/mol. The molecule has 2 fully saturated rings. The molecule has 1 aliphatic carbocycles. The van der Waals surface area contributed by atoms with Crippen molar-refractivity contribution in [2.45, 2.75) is 76.6 Å². The lowest BCUT2D eigenvalue weighted by atomic mass is 9.85. The van der Waals surface area contributed by atoms with Gasteiger partial charge in [0.2, 0.25) is 0 Å². The van der Waals surface area contributed by atoms with Crippen molar-refractivity contribution < 1.29 is 14.6 Å². The van der Waals surface area contributed by atoms with Crippen molar-refractivity contribution in [2.75, 3.05) is 26.3 Å². The van der Waals surface area contributed by atoms with Gasteiger partial charge in [0.05, 0.1) is 24.9 Å². The van der Waals surface area contributed by atoms with Crippen LogP contribution in [-0.4, -0.2) is 49.7 Å². The predicted octanol–water partition coefficient (Wildman–Crippen LogP) is 2.49. The second kappa shape index (κ2) is 9.78. The summed E-state index contributed by atoms with van der Waals surface area (Å²) in [6.07, 6.45) is 10.1. The third-order valence-corrected chi connectivity index (χ3v) is 4.89. The smallest absolute Gasteiger partial charge is 0.0897 e. The average Bonchev–Trinajstić information content (AvgIpc) is 2.54. The SMILES string of the molecule is CCC1CCCCC1OCC(O)CNCC1CCCCO1. The van der Waals surface area contributed by atoms with Crippen LogP contribution >= 0.6 is 0 Å². The normalized spacial score (nSPS) is 32.0. The quantitative estimate of drug-likeness (QED) is 0.723. The highest BCUT2D eigenvalue weighted by molar-refractivity contribution is 4.76. The minimum absolute atomic E-state index is 0.328. The molecule has 21 heavy (non-hydrogen) atoms. The van der Waals surface area contributed by atoms with Gasteiger partial charge in [-0.05, 0) is 38.0 Å². The fourth-order valence-corrected chi connectivity index (χ4v) is 3.53. The Hall–Kier alpha value is -0.160. The van der Waals surface area contributed by atoms with Crippen molar-refractivity contribution in [2.24, 2.45) is 5.92 Å².